The van der Waals surface area contributed by atoms with Crippen molar-refractivity contribution in [2.24, 2.45) is 0 Å². The Labute approximate surface area is 104 Å². The zero-order chi connectivity index (χ0) is 13.0. The summed E-state index contributed by atoms with van der Waals surface area (Å²) in [5.41, 5.74) is 1.15. The van der Waals surface area contributed by atoms with Gasteiger partial charge in [0.15, 0.2) is 5.76 Å². The van der Waals surface area contributed by atoms with Crippen molar-refractivity contribution in [3.8, 4) is 11.6 Å². The van der Waals surface area contributed by atoms with Crippen molar-refractivity contribution in [3.63, 3.8) is 0 Å². The lowest BCUT2D eigenvalue weighted by Gasteiger charge is -2.01. The third-order valence-electron chi connectivity index (χ3n) is 2.76. The number of oxazole rings is 1. The normalized spacial score (nSPS) is 10.7. The van der Waals surface area contributed by atoms with Crippen LogP contribution in [0.3, 0.4) is 0 Å². The number of aromatic amines is 1. The quantitative estimate of drug-likeness (QED) is 0.707. The molecule has 0 atom stereocenters. The fourth-order valence-corrected chi connectivity index (χ4v) is 1.80. The highest BCUT2D eigenvalue weighted by Gasteiger charge is 2.07. The third kappa shape index (κ3) is 3.16. The number of rotatable bonds is 5. The molecule has 1 aromatic heterocycles. The minimum Gasteiger partial charge on any atom is -0.508 e. The van der Waals surface area contributed by atoms with Crippen LogP contribution in [0.1, 0.15) is 24.2 Å². The third-order valence-corrected chi connectivity index (χ3v) is 2.76. The Balaban J connectivity index is 1.78. The zero-order valence-electron chi connectivity index (χ0n) is 9.85. The number of H-pyrrole nitrogens is 1. The number of aryl methyl sites for hydroxylation is 2. The van der Waals surface area contributed by atoms with Crippen LogP contribution in [0.5, 0.6) is 11.6 Å². The first-order chi connectivity index (χ1) is 8.65. The Hall–Kier alpha value is -2.17. The van der Waals surface area contributed by atoms with Crippen LogP contribution in [-0.2, 0) is 12.8 Å². The predicted molar refractivity (Wildman–Crippen MR) is 65.7 cm³/mol. The molecule has 18 heavy (non-hydrogen) atoms. The summed E-state index contributed by atoms with van der Waals surface area (Å²) in [6, 6.07) is 7.07. The standard InChI is InChI=1S/C13H15NO4/c15-10-7-5-9(6-8-10)3-1-2-4-11-12(16)14-13(17)18-11/h5-8,15-16H,1-4H2,(H,14,17). The first kappa shape index (κ1) is 12.3. The second kappa shape index (κ2) is 5.44. The Kier molecular flexibility index (Phi) is 3.72. The molecule has 96 valence electrons. The number of nitrogens with one attached hydrogen (secondary N) is 1. The molecule has 0 aliphatic heterocycles. The van der Waals surface area contributed by atoms with Gasteiger partial charge in [-0.2, -0.15) is 0 Å². The van der Waals surface area contributed by atoms with E-state index in [0.717, 1.165) is 24.8 Å². The number of phenols is 1. The van der Waals surface area contributed by atoms with E-state index in [0.29, 0.717) is 12.2 Å². The van der Waals surface area contributed by atoms with Crippen LogP contribution < -0.4 is 5.76 Å². The monoisotopic (exact) mass is 249 g/mol. The van der Waals surface area contributed by atoms with Crippen LogP contribution in [-0.4, -0.2) is 15.2 Å². The molecule has 1 heterocycles. The van der Waals surface area contributed by atoms with E-state index in [4.69, 9.17) is 9.52 Å². The van der Waals surface area contributed by atoms with Gasteiger partial charge in [0.1, 0.15) is 5.75 Å². The van der Waals surface area contributed by atoms with Gasteiger partial charge in [0.05, 0.1) is 0 Å². The van der Waals surface area contributed by atoms with Crippen LogP contribution in [0.25, 0.3) is 0 Å². The highest BCUT2D eigenvalue weighted by molar-refractivity contribution is 5.25. The molecular weight excluding hydrogens is 234 g/mol. The molecule has 0 spiro atoms. The lowest BCUT2D eigenvalue weighted by Crippen LogP contribution is -1.93. The molecule has 5 heteroatoms. The molecule has 0 aliphatic rings. The molecule has 0 fully saturated rings. The van der Waals surface area contributed by atoms with Crippen molar-refractivity contribution in [3.05, 3.63) is 46.1 Å². The minimum atomic E-state index is -0.624. The maximum Gasteiger partial charge on any atom is 0.419 e. The molecule has 0 radical (unpaired) electrons. The summed E-state index contributed by atoms with van der Waals surface area (Å²) in [7, 11) is 0. The van der Waals surface area contributed by atoms with Gasteiger partial charge in [-0.3, -0.25) is 4.98 Å². The Bertz CT molecular complexity index is 553. The Morgan fingerprint density at radius 3 is 2.33 bits per heavy atom. The number of aromatic hydroxyl groups is 2. The first-order valence-electron chi connectivity index (χ1n) is 5.84. The maximum atomic E-state index is 10.8. The van der Waals surface area contributed by atoms with Gasteiger partial charge in [-0.05, 0) is 37.0 Å². The van der Waals surface area contributed by atoms with E-state index in [1.807, 2.05) is 12.1 Å². The van der Waals surface area contributed by atoms with Gasteiger partial charge in [-0.1, -0.05) is 12.1 Å². The summed E-state index contributed by atoms with van der Waals surface area (Å²) < 4.78 is 4.79. The smallest absolute Gasteiger partial charge is 0.419 e. The van der Waals surface area contributed by atoms with E-state index in [1.165, 1.54) is 0 Å². The Morgan fingerprint density at radius 2 is 1.72 bits per heavy atom. The van der Waals surface area contributed by atoms with Crippen molar-refractivity contribution in [1.82, 2.24) is 4.98 Å². The van der Waals surface area contributed by atoms with E-state index < -0.39 is 5.76 Å². The molecule has 2 rings (SSSR count). The highest BCUT2D eigenvalue weighted by atomic mass is 16.4. The molecule has 0 amide bonds. The van der Waals surface area contributed by atoms with Crippen molar-refractivity contribution in [2.75, 3.05) is 0 Å². The van der Waals surface area contributed by atoms with Crippen LogP contribution in [0.2, 0.25) is 0 Å². The highest BCUT2D eigenvalue weighted by Crippen LogP contribution is 2.16. The molecule has 2 aromatic rings. The Morgan fingerprint density at radius 1 is 1.06 bits per heavy atom. The van der Waals surface area contributed by atoms with Gasteiger partial charge in [0.2, 0.25) is 5.88 Å². The lowest BCUT2D eigenvalue weighted by atomic mass is 10.1. The van der Waals surface area contributed by atoms with Gasteiger partial charge < -0.3 is 14.6 Å². The van der Waals surface area contributed by atoms with Crippen molar-refractivity contribution >= 4 is 0 Å². The number of benzene rings is 1. The molecular formula is C13H15NO4. The van der Waals surface area contributed by atoms with Gasteiger partial charge >= 0.3 is 5.76 Å². The van der Waals surface area contributed by atoms with E-state index in [1.54, 1.807) is 12.1 Å². The average Bonchev–Trinajstić information content (AvgIpc) is 2.66. The molecule has 0 unspecified atom stereocenters. The fourth-order valence-electron chi connectivity index (χ4n) is 1.80. The SMILES string of the molecule is O=c1[nH]c(O)c(CCCCc2ccc(O)cc2)o1. The molecule has 3 N–H and O–H groups in total. The predicted octanol–water partition coefficient (Wildman–Crippen LogP) is 1.94. The zero-order valence-corrected chi connectivity index (χ0v) is 9.85. The fraction of sp³-hybridized carbons (Fsp3) is 0.308. The molecule has 5 nitrogen and oxygen atoms in total. The largest absolute Gasteiger partial charge is 0.508 e. The lowest BCUT2D eigenvalue weighted by molar-refractivity contribution is 0.416. The second-order valence-electron chi connectivity index (χ2n) is 4.16. The number of unbranched alkanes of at least 4 members (excludes halogenated alkanes) is 1. The average molecular weight is 249 g/mol. The summed E-state index contributed by atoms with van der Waals surface area (Å²) in [4.78, 5) is 13.0. The van der Waals surface area contributed by atoms with Gasteiger partial charge in [0.25, 0.3) is 0 Å². The van der Waals surface area contributed by atoms with Crippen molar-refractivity contribution < 1.29 is 14.6 Å². The van der Waals surface area contributed by atoms with Crippen LogP contribution in [0.4, 0.5) is 0 Å². The van der Waals surface area contributed by atoms with Crippen LogP contribution in [0, 0.1) is 0 Å². The summed E-state index contributed by atoms with van der Waals surface area (Å²) in [6.45, 7) is 0. The van der Waals surface area contributed by atoms with Crippen molar-refractivity contribution in [1.29, 1.82) is 0 Å². The number of phenolic OH excluding ortho intramolecular Hbond substituents is 1. The van der Waals surface area contributed by atoms with E-state index in [2.05, 4.69) is 4.98 Å². The first-order valence-corrected chi connectivity index (χ1v) is 5.84. The topological polar surface area (TPSA) is 86.5 Å². The summed E-state index contributed by atoms with van der Waals surface area (Å²) in [5.74, 6) is -0.228. The molecule has 1 aromatic carbocycles. The number of aromatic nitrogens is 1. The van der Waals surface area contributed by atoms with Gasteiger partial charge in [0, 0.05) is 6.42 Å². The van der Waals surface area contributed by atoms with Crippen molar-refractivity contribution in [2.45, 2.75) is 25.7 Å². The van der Waals surface area contributed by atoms with Gasteiger partial charge in [-0.25, -0.2) is 4.79 Å². The number of hydrogen-bond donors (Lipinski definition) is 3. The van der Waals surface area contributed by atoms with E-state index in [9.17, 15) is 9.90 Å². The summed E-state index contributed by atoms with van der Waals surface area (Å²) in [6.07, 6.45) is 3.15. The van der Waals surface area contributed by atoms with Gasteiger partial charge in [-0.15, -0.1) is 0 Å². The summed E-state index contributed by atoms with van der Waals surface area (Å²) >= 11 is 0. The molecule has 0 bridgehead atoms. The molecule has 0 saturated heterocycles. The van der Waals surface area contributed by atoms with E-state index >= 15 is 0 Å². The summed E-state index contributed by atoms with van der Waals surface area (Å²) in [5, 5.41) is 18.4. The minimum absolute atomic E-state index is 0.176. The molecule has 0 saturated carbocycles. The van der Waals surface area contributed by atoms with Crippen LogP contribution >= 0.6 is 0 Å². The maximum absolute atomic E-state index is 10.8. The second-order valence-corrected chi connectivity index (χ2v) is 4.16. The number of hydrogen-bond acceptors (Lipinski definition) is 4. The van der Waals surface area contributed by atoms with E-state index in [-0.39, 0.29) is 11.6 Å². The van der Waals surface area contributed by atoms with Crippen LogP contribution in [0.15, 0.2) is 33.5 Å². The molecule has 0 aliphatic carbocycles.